The summed E-state index contributed by atoms with van der Waals surface area (Å²) in [6.45, 7) is 7.66. The second kappa shape index (κ2) is 5.13. The molecule has 3 aliphatic rings. The third kappa shape index (κ3) is 2.75. The Balaban J connectivity index is 1.50. The molecule has 0 aromatic rings. The minimum Gasteiger partial charge on any atom is -0.310 e. The van der Waals surface area contributed by atoms with Crippen LogP contribution in [0.25, 0.3) is 0 Å². The number of hydrogen-bond acceptors (Lipinski definition) is 2. The quantitative estimate of drug-likeness (QED) is 0.810. The van der Waals surface area contributed by atoms with E-state index in [1.807, 2.05) is 0 Å². The van der Waals surface area contributed by atoms with E-state index in [-0.39, 0.29) is 0 Å². The highest BCUT2D eigenvalue weighted by Gasteiger charge is 2.38. The van der Waals surface area contributed by atoms with Gasteiger partial charge in [0.2, 0.25) is 0 Å². The van der Waals surface area contributed by atoms with Gasteiger partial charge in [-0.1, -0.05) is 19.3 Å². The summed E-state index contributed by atoms with van der Waals surface area (Å²) in [6.07, 6.45) is 13.2. The molecule has 0 aromatic carbocycles. The molecule has 2 heteroatoms. The lowest BCUT2D eigenvalue weighted by atomic mass is 9.76. The number of nitrogens with zero attached hydrogens (tertiary/aromatic N) is 1. The zero-order valence-electron chi connectivity index (χ0n) is 12.1. The van der Waals surface area contributed by atoms with Gasteiger partial charge in [-0.2, -0.15) is 0 Å². The molecule has 0 radical (unpaired) electrons. The molecule has 2 aliphatic heterocycles. The molecule has 0 amide bonds. The topological polar surface area (TPSA) is 15.3 Å². The number of nitrogens with one attached hydrogen (secondary N) is 1. The second-order valence-corrected chi connectivity index (χ2v) is 7.43. The van der Waals surface area contributed by atoms with Gasteiger partial charge in [-0.05, 0) is 70.5 Å². The molecule has 1 unspecified atom stereocenters. The van der Waals surface area contributed by atoms with Crippen LogP contribution in [0.2, 0.25) is 0 Å². The fraction of sp³-hybridized carbons (Fsp3) is 1.00. The number of hydrogen-bond donors (Lipinski definition) is 1. The molecule has 3 fully saturated rings. The molecule has 2 heterocycles. The Labute approximate surface area is 113 Å². The van der Waals surface area contributed by atoms with Crippen molar-refractivity contribution in [2.45, 2.75) is 70.3 Å². The van der Waals surface area contributed by atoms with Crippen LogP contribution in [0.15, 0.2) is 0 Å². The fourth-order valence-corrected chi connectivity index (χ4v) is 4.56. The van der Waals surface area contributed by atoms with Crippen molar-refractivity contribution in [3.05, 3.63) is 0 Å². The largest absolute Gasteiger partial charge is 0.310 e. The minimum absolute atomic E-state index is 0.401. The zero-order chi connectivity index (χ0) is 12.5. The van der Waals surface area contributed by atoms with Gasteiger partial charge in [0.1, 0.15) is 0 Å². The van der Waals surface area contributed by atoms with Crippen LogP contribution in [0.3, 0.4) is 0 Å². The van der Waals surface area contributed by atoms with E-state index in [0.717, 1.165) is 5.41 Å². The van der Waals surface area contributed by atoms with Gasteiger partial charge in [0.15, 0.2) is 0 Å². The molecule has 1 spiro atoms. The Bertz CT molecular complexity index is 265. The van der Waals surface area contributed by atoms with E-state index >= 15 is 0 Å². The Kier molecular flexibility index (Phi) is 3.68. The van der Waals surface area contributed by atoms with Crippen molar-refractivity contribution in [3.63, 3.8) is 0 Å². The van der Waals surface area contributed by atoms with Crippen LogP contribution in [0, 0.1) is 5.41 Å². The summed E-state index contributed by atoms with van der Waals surface area (Å²) in [5.74, 6) is 0. The maximum atomic E-state index is 3.76. The summed E-state index contributed by atoms with van der Waals surface area (Å²) >= 11 is 0. The second-order valence-electron chi connectivity index (χ2n) is 7.43. The Hall–Kier alpha value is -0.0800. The molecule has 2 saturated heterocycles. The molecular weight excluding hydrogens is 220 g/mol. The van der Waals surface area contributed by atoms with Crippen LogP contribution >= 0.6 is 0 Å². The molecule has 2 nitrogen and oxygen atoms in total. The number of piperidine rings is 2. The molecule has 1 N–H and O–H groups in total. The van der Waals surface area contributed by atoms with Crippen molar-refractivity contribution in [3.8, 4) is 0 Å². The third-order valence-corrected chi connectivity index (χ3v) is 5.86. The molecule has 1 aliphatic carbocycles. The Morgan fingerprint density at radius 1 is 0.889 bits per heavy atom. The van der Waals surface area contributed by atoms with Crippen molar-refractivity contribution in [1.29, 1.82) is 0 Å². The van der Waals surface area contributed by atoms with Crippen LogP contribution < -0.4 is 5.32 Å². The lowest BCUT2D eigenvalue weighted by molar-refractivity contribution is 0.0779. The Morgan fingerprint density at radius 2 is 1.56 bits per heavy atom. The van der Waals surface area contributed by atoms with Gasteiger partial charge in [-0.15, -0.1) is 0 Å². The van der Waals surface area contributed by atoms with Gasteiger partial charge in [0.05, 0.1) is 0 Å². The van der Waals surface area contributed by atoms with Crippen LogP contribution in [0.5, 0.6) is 0 Å². The van der Waals surface area contributed by atoms with E-state index in [0.29, 0.717) is 5.54 Å². The first-order chi connectivity index (χ1) is 8.70. The molecule has 1 saturated carbocycles. The van der Waals surface area contributed by atoms with E-state index in [4.69, 9.17) is 0 Å². The van der Waals surface area contributed by atoms with Gasteiger partial charge in [0.25, 0.3) is 0 Å². The van der Waals surface area contributed by atoms with Gasteiger partial charge in [0, 0.05) is 12.1 Å². The number of rotatable bonds is 2. The van der Waals surface area contributed by atoms with Crippen molar-refractivity contribution in [2.24, 2.45) is 5.41 Å². The van der Waals surface area contributed by atoms with Crippen molar-refractivity contribution < 1.29 is 0 Å². The van der Waals surface area contributed by atoms with E-state index in [1.54, 1.807) is 0 Å². The van der Waals surface area contributed by atoms with Crippen molar-refractivity contribution in [1.82, 2.24) is 10.2 Å². The van der Waals surface area contributed by atoms with E-state index in [1.165, 1.54) is 84.0 Å². The Morgan fingerprint density at radius 3 is 2.17 bits per heavy atom. The smallest absolute Gasteiger partial charge is 0.0280 e. The lowest BCUT2D eigenvalue weighted by Crippen LogP contribution is -2.55. The van der Waals surface area contributed by atoms with Crippen molar-refractivity contribution in [2.75, 3.05) is 26.2 Å². The van der Waals surface area contributed by atoms with Crippen LogP contribution in [-0.2, 0) is 0 Å². The van der Waals surface area contributed by atoms with E-state index in [9.17, 15) is 0 Å². The van der Waals surface area contributed by atoms with Crippen LogP contribution in [0.1, 0.15) is 64.7 Å². The minimum atomic E-state index is 0.401. The normalized spacial score (nSPS) is 37.2. The lowest BCUT2D eigenvalue weighted by Gasteiger charge is -2.44. The standard InChI is InChI=1S/C16H30N2/c1-15(6-4-5-11-17-15)14-18-12-9-16(10-13-18)7-2-3-8-16/h17H,2-14H2,1H3. The maximum absolute atomic E-state index is 3.76. The summed E-state index contributed by atoms with van der Waals surface area (Å²) in [6, 6.07) is 0. The summed E-state index contributed by atoms with van der Waals surface area (Å²) in [4.78, 5) is 2.74. The molecule has 0 aromatic heterocycles. The fourth-order valence-electron chi connectivity index (χ4n) is 4.56. The van der Waals surface area contributed by atoms with E-state index in [2.05, 4.69) is 17.1 Å². The average molecular weight is 250 g/mol. The van der Waals surface area contributed by atoms with Gasteiger partial charge in [-0.3, -0.25) is 0 Å². The molecule has 3 rings (SSSR count). The first-order valence-electron chi connectivity index (χ1n) is 8.17. The molecule has 1 atom stereocenters. The first-order valence-corrected chi connectivity index (χ1v) is 8.17. The molecule has 18 heavy (non-hydrogen) atoms. The summed E-state index contributed by atoms with van der Waals surface area (Å²) in [5, 5.41) is 3.76. The average Bonchev–Trinajstić information content (AvgIpc) is 2.82. The van der Waals surface area contributed by atoms with E-state index < -0.39 is 0 Å². The van der Waals surface area contributed by atoms with Gasteiger partial charge >= 0.3 is 0 Å². The molecule has 0 bridgehead atoms. The van der Waals surface area contributed by atoms with Crippen molar-refractivity contribution >= 4 is 0 Å². The highest BCUT2D eigenvalue weighted by Crippen LogP contribution is 2.46. The number of likely N-dealkylation sites (tertiary alicyclic amines) is 1. The molecular formula is C16H30N2. The maximum Gasteiger partial charge on any atom is 0.0280 e. The summed E-state index contributed by atoms with van der Waals surface area (Å²) < 4.78 is 0. The predicted octanol–water partition coefficient (Wildman–Crippen LogP) is 3.17. The predicted molar refractivity (Wildman–Crippen MR) is 76.8 cm³/mol. The summed E-state index contributed by atoms with van der Waals surface area (Å²) in [7, 11) is 0. The summed E-state index contributed by atoms with van der Waals surface area (Å²) in [5.41, 5.74) is 1.18. The van der Waals surface area contributed by atoms with Crippen LogP contribution in [-0.4, -0.2) is 36.6 Å². The zero-order valence-corrected chi connectivity index (χ0v) is 12.1. The van der Waals surface area contributed by atoms with Crippen LogP contribution in [0.4, 0.5) is 0 Å². The van der Waals surface area contributed by atoms with Gasteiger partial charge in [-0.25, -0.2) is 0 Å². The highest BCUT2D eigenvalue weighted by atomic mass is 15.2. The SMILES string of the molecule is CC1(CN2CCC3(CCCC3)CC2)CCCCN1. The first kappa shape index (κ1) is 12.9. The highest BCUT2D eigenvalue weighted by molar-refractivity contribution is 4.94. The monoisotopic (exact) mass is 250 g/mol. The molecule has 104 valence electrons. The van der Waals surface area contributed by atoms with Gasteiger partial charge < -0.3 is 10.2 Å². The third-order valence-electron chi connectivity index (χ3n) is 5.86.